The molecule has 0 aromatic heterocycles. The number of quaternary nitrogens is 1. The van der Waals surface area contributed by atoms with Crippen LogP contribution in [0.1, 0.15) is 174 Å². The molecule has 0 rings (SSSR count). The van der Waals surface area contributed by atoms with E-state index in [0.29, 0.717) is 19.3 Å². The first-order valence-corrected chi connectivity index (χ1v) is 20.4. The monoisotopic (exact) mass is 709 g/mol. The number of nitrogens with zero attached hydrogens (tertiary/aromatic N) is 1. The van der Waals surface area contributed by atoms with Crippen LogP contribution in [0.25, 0.3) is 0 Å². The fourth-order valence-corrected chi connectivity index (χ4v) is 5.83. The number of ether oxygens (including phenoxy) is 3. The lowest BCUT2D eigenvalue weighted by Crippen LogP contribution is -2.50. The first-order valence-electron chi connectivity index (χ1n) is 20.4. The predicted molar refractivity (Wildman–Crippen MR) is 206 cm³/mol. The summed E-state index contributed by atoms with van der Waals surface area (Å²) < 4.78 is 17.2. The quantitative estimate of drug-likeness (QED) is 0.0299. The summed E-state index contributed by atoms with van der Waals surface area (Å²) in [6, 6.07) is -0.614. The van der Waals surface area contributed by atoms with Crippen LogP contribution in [0.15, 0.2) is 24.3 Å². The maximum Gasteiger partial charge on any atom is 0.362 e. The fourth-order valence-electron chi connectivity index (χ4n) is 5.83. The normalized spacial score (nSPS) is 13.2. The first-order chi connectivity index (χ1) is 24.1. The highest BCUT2D eigenvalue weighted by Crippen LogP contribution is 2.13. The fraction of sp³-hybridized carbons (Fsp3) is 0.833. The smallest absolute Gasteiger partial charge is 0.362 e. The maximum atomic E-state index is 12.7. The average molecular weight is 709 g/mol. The van der Waals surface area contributed by atoms with Crippen LogP contribution in [0.2, 0.25) is 0 Å². The van der Waals surface area contributed by atoms with Gasteiger partial charge in [-0.2, -0.15) is 0 Å². The van der Waals surface area contributed by atoms with Crippen molar-refractivity contribution in [1.82, 2.24) is 0 Å². The highest BCUT2D eigenvalue weighted by molar-refractivity contribution is 5.72. The van der Waals surface area contributed by atoms with Crippen molar-refractivity contribution in [3.05, 3.63) is 24.3 Å². The maximum absolute atomic E-state index is 12.7. The van der Waals surface area contributed by atoms with Gasteiger partial charge in [-0.3, -0.25) is 9.59 Å². The van der Waals surface area contributed by atoms with Gasteiger partial charge in [0.25, 0.3) is 0 Å². The van der Waals surface area contributed by atoms with Gasteiger partial charge in [-0.1, -0.05) is 122 Å². The Balaban J connectivity index is 4.40. The van der Waals surface area contributed by atoms with Gasteiger partial charge in [-0.05, 0) is 57.8 Å². The highest BCUT2D eigenvalue weighted by atomic mass is 16.6. The molecule has 2 atom stereocenters. The minimum atomic E-state index is -0.878. The van der Waals surface area contributed by atoms with Gasteiger partial charge in [0.05, 0.1) is 34.4 Å². The second-order valence-electron chi connectivity index (χ2n) is 14.9. The van der Waals surface area contributed by atoms with Crippen LogP contribution in [0.4, 0.5) is 0 Å². The number of aliphatic carboxylic acids is 1. The number of carbonyl (C=O) groups excluding carboxylic acids is 2. The molecule has 0 bridgehead atoms. The third-order valence-electron chi connectivity index (χ3n) is 9.07. The van der Waals surface area contributed by atoms with E-state index < -0.39 is 18.1 Å². The number of esters is 2. The van der Waals surface area contributed by atoms with Gasteiger partial charge in [0, 0.05) is 19.3 Å². The molecule has 0 fully saturated rings. The largest absolute Gasteiger partial charge is 0.477 e. The van der Waals surface area contributed by atoms with Gasteiger partial charge >= 0.3 is 17.9 Å². The van der Waals surface area contributed by atoms with Crippen LogP contribution in [-0.2, 0) is 28.6 Å². The van der Waals surface area contributed by atoms with Gasteiger partial charge in [0.2, 0.25) is 0 Å². The van der Waals surface area contributed by atoms with E-state index >= 15 is 0 Å². The van der Waals surface area contributed by atoms with Crippen LogP contribution < -0.4 is 0 Å². The number of hydrogen-bond donors (Lipinski definition) is 1. The molecular weight excluding hydrogens is 630 g/mol. The second-order valence-corrected chi connectivity index (χ2v) is 14.9. The van der Waals surface area contributed by atoms with Gasteiger partial charge < -0.3 is 23.8 Å². The molecule has 0 saturated heterocycles. The summed E-state index contributed by atoms with van der Waals surface area (Å²) in [7, 11) is 5.51. The van der Waals surface area contributed by atoms with Crippen LogP contribution in [0.3, 0.4) is 0 Å². The Hall–Kier alpha value is -2.19. The average Bonchev–Trinajstić information content (AvgIpc) is 3.06. The summed E-state index contributed by atoms with van der Waals surface area (Å²) >= 11 is 0. The van der Waals surface area contributed by atoms with E-state index in [1.807, 2.05) is 21.1 Å². The highest BCUT2D eigenvalue weighted by Gasteiger charge is 2.31. The minimum Gasteiger partial charge on any atom is -0.477 e. The van der Waals surface area contributed by atoms with E-state index in [9.17, 15) is 19.5 Å². The zero-order chi connectivity index (χ0) is 37.1. The van der Waals surface area contributed by atoms with Gasteiger partial charge in [0.15, 0.2) is 12.1 Å². The molecule has 0 aliphatic heterocycles. The summed E-state index contributed by atoms with van der Waals surface area (Å²) in [5, 5.41) is 9.59. The molecule has 0 amide bonds. The molecule has 0 aromatic carbocycles. The number of allylic oxidation sites excluding steroid dienone is 4. The molecule has 292 valence electrons. The van der Waals surface area contributed by atoms with Crippen molar-refractivity contribution in [2.75, 3.05) is 41.0 Å². The second kappa shape index (κ2) is 33.9. The first kappa shape index (κ1) is 47.8. The molecule has 0 spiro atoms. The Labute approximate surface area is 307 Å². The number of carbonyl (C=O) groups is 3. The van der Waals surface area contributed by atoms with E-state index in [4.69, 9.17) is 14.2 Å². The molecule has 1 N–H and O–H groups in total. The molecule has 0 heterocycles. The standard InChI is InChI=1S/C42H77NO7/c1-6-8-10-12-14-16-18-19-20-21-23-25-27-29-31-33-41(45)50-38(36-48-35-34-39(42(46)47)43(3,4)5)37-49-40(44)32-30-28-26-24-22-17-15-13-11-9-7-2/h13,15,19-20,38-39H,6-12,14,16-18,21-37H2,1-5H3/p+1/b15-13-,20-19-. The Morgan fingerprint density at radius 1 is 0.580 bits per heavy atom. The lowest BCUT2D eigenvalue weighted by Gasteiger charge is -2.31. The Morgan fingerprint density at radius 3 is 1.50 bits per heavy atom. The van der Waals surface area contributed by atoms with E-state index in [-0.39, 0.29) is 36.2 Å². The Kier molecular flexibility index (Phi) is 32.4. The number of likely N-dealkylation sites (N-methyl/N-ethyl adjacent to an activating group) is 1. The Morgan fingerprint density at radius 2 is 1.02 bits per heavy atom. The van der Waals surface area contributed by atoms with Gasteiger partial charge in [-0.15, -0.1) is 0 Å². The molecule has 2 unspecified atom stereocenters. The SMILES string of the molecule is CCCC/C=C\CCCCCCCC(=O)OCC(COCCC(C(=O)O)[N+](C)(C)C)OC(=O)CCCCCCC/C=C\CCCCCCCC. The van der Waals surface area contributed by atoms with Crippen LogP contribution in [-0.4, -0.2) is 80.6 Å². The van der Waals surface area contributed by atoms with Crippen molar-refractivity contribution < 1.29 is 38.2 Å². The molecule has 0 radical (unpaired) electrons. The summed E-state index contributed by atoms with van der Waals surface area (Å²) in [4.78, 5) is 36.8. The van der Waals surface area contributed by atoms with E-state index in [2.05, 4.69) is 38.2 Å². The summed E-state index contributed by atoms with van der Waals surface area (Å²) in [6.07, 6.45) is 35.0. The van der Waals surface area contributed by atoms with Crippen molar-refractivity contribution >= 4 is 17.9 Å². The number of carboxylic acid groups (broad SMARTS) is 1. The van der Waals surface area contributed by atoms with Crippen LogP contribution in [0.5, 0.6) is 0 Å². The van der Waals surface area contributed by atoms with E-state index in [1.54, 1.807) is 0 Å². The number of hydrogen-bond acceptors (Lipinski definition) is 6. The van der Waals surface area contributed by atoms with Crippen molar-refractivity contribution in [2.24, 2.45) is 0 Å². The van der Waals surface area contributed by atoms with Crippen LogP contribution in [0, 0.1) is 0 Å². The van der Waals surface area contributed by atoms with E-state index in [0.717, 1.165) is 64.2 Å². The van der Waals surface area contributed by atoms with Crippen molar-refractivity contribution in [3.63, 3.8) is 0 Å². The zero-order valence-corrected chi connectivity index (χ0v) is 33.1. The third-order valence-corrected chi connectivity index (χ3v) is 9.07. The summed E-state index contributed by atoms with van der Waals surface area (Å²) in [6.45, 7) is 4.67. The predicted octanol–water partition coefficient (Wildman–Crippen LogP) is 10.5. The van der Waals surface area contributed by atoms with Gasteiger partial charge in [0.1, 0.15) is 6.61 Å². The number of rotatable bonds is 36. The topological polar surface area (TPSA) is 99.1 Å². The number of unbranched alkanes of at least 4 members (excludes halogenated alkanes) is 18. The molecule has 0 aliphatic carbocycles. The lowest BCUT2D eigenvalue weighted by atomic mass is 10.1. The van der Waals surface area contributed by atoms with E-state index in [1.165, 1.54) is 77.0 Å². The van der Waals surface area contributed by atoms with Crippen molar-refractivity contribution in [1.29, 1.82) is 0 Å². The summed E-state index contributed by atoms with van der Waals surface area (Å²) in [5.74, 6) is -1.49. The number of carboxylic acids is 1. The van der Waals surface area contributed by atoms with Crippen molar-refractivity contribution in [3.8, 4) is 0 Å². The molecule has 8 heteroatoms. The van der Waals surface area contributed by atoms with Crippen molar-refractivity contribution in [2.45, 2.75) is 187 Å². The molecule has 8 nitrogen and oxygen atoms in total. The zero-order valence-electron chi connectivity index (χ0n) is 33.1. The summed E-state index contributed by atoms with van der Waals surface area (Å²) in [5.41, 5.74) is 0. The minimum absolute atomic E-state index is 0.0565. The van der Waals surface area contributed by atoms with Gasteiger partial charge in [-0.25, -0.2) is 4.79 Å². The molecule has 0 aliphatic rings. The molecular formula is C42H78NO7+. The molecule has 0 aromatic rings. The van der Waals surface area contributed by atoms with Crippen LogP contribution >= 0.6 is 0 Å². The lowest BCUT2D eigenvalue weighted by molar-refractivity contribution is -0.887. The Bertz CT molecular complexity index is 880. The molecule has 0 saturated carbocycles. The third kappa shape index (κ3) is 31.8. The molecule has 50 heavy (non-hydrogen) atoms.